The van der Waals surface area contributed by atoms with Gasteiger partial charge in [-0.3, -0.25) is 0 Å². The molecule has 1 aromatic rings. The summed E-state index contributed by atoms with van der Waals surface area (Å²) in [5, 5.41) is 0. The Kier molecular flexibility index (Phi) is 3.21. The van der Waals surface area contributed by atoms with Crippen molar-refractivity contribution in [1.82, 2.24) is 9.97 Å². The Hall–Kier alpha value is -0.975. The van der Waals surface area contributed by atoms with Crippen LogP contribution in [-0.4, -0.2) is 28.3 Å². The van der Waals surface area contributed by atoms with Gasteiger partial charge >= 0.3 is 7.12 Å². The highest BCUT2D eigenvalue weighted by Crippen LogP contribution is 2.36. The summed E-state index contributed by atoms with van der Waals surface area (Å²) in [5.74, 6) is 0.621. The second-order valence-corrected chi connectivity index (χ2v) is 5.75. The van der Waals surface area contributed by atoms with E-state index in [1.807, 2.05) is 34.6 Å². The molecule has 0 aliphatic carbocycles. The normalized spacial score (nSPS) is 23.1. The molecule has 2 rings (SSSR count). The molecular weight excluding hydrogens is 229 g/mol. The molecule has 18 heavy (non-hydrogen) atoms. The molecule has 1 atom stereocenters. The molecule has 2 heterocycles. The Bertz CT molecular complexity index is 415. The smallest absolute Gasteiger partial charge is 0.399 e. The van der Waals surface area contributed by atoms with Gasteiger partial charge in [0.2, 0.25) is 0 Å². The van der Waals surface area contributed by atoms with Crippen molar-refractivity contribution in [2.45, 2.75) is 51.9 Å². The van der Waals surface area contributed by atoms with Gasteiger partial charge in [0.05, 0.1) is 17.2 Å². The van der Waals surface area contributed by atoms with Gasteiger partial charge in [-0.05, 0) is 34.6 Å². The van der Waals surface area contributed by atoms with Gasteiger partial charge in [-0.1, -0.05) is 0 Å². The second kappa shape index (κ2) is 4.29. The third kappa shape index (κ3) is 2.28. The first kappa shape index (κ1) is 13.5. The van der Waals surface area contributed by atoms with Gasteiger partial charge in [-0.15, -0.1) is 0 Å². The van der Waals surface area contributed by atoms with E-state index in [0.29, 0.717) is 5.82 Å². The van der Waals surface area contributed by atoms with Crippen molar-refractivity contribution in [2.75, 3.05) is 0 Å². The van der Waals surface area contributed by atoms with Crippen molar-refractivity contribution in [3.63, 3.8) is 0 Å². The molecule has 1 fully saturated rings. The minimum atomic E-state index is -0.419. The standard InChI is InChI=1S/C12H20BN3O2/c1-8(14)10-15-6-9(7-16-10)13-17-11(2,3)12(4,5)18-13/h6-8H,14H2,1-5H3. The lowest BCUT2D eigenvalue weighted by Gasteiger charge is -2.32. The minimum Gasteiger partial charge on any atom is -0.399 e. The van der Waals surface area contributed by atoms with Gasteiger partial charge in [-0.25, -0.2) is 9.97 Å². The Morgan fingerprint density at radius 2 is 1.56 bits per heavy atom. The van der Waals surface area contributed by atoms with E-state index < -0.39 is 7.12 Å². The predicted molar refractivity (Wildman–Crippen MR) is 70.4 cm³/mol. The van der Waals surface area contributed by atoms with Gasteiger partial charge in [-0.2, -0.15) is 0 Å². The molecule has 1 aliphatic rings. The fourth-order valence-corrected chi connectivity index (χ4v) is 1.68. The summed E-state index contributed by atoms with van der Waals surface area (Å²) in [7, 11) is -0.419. The largest absolute Gasteiger partial charge is 0.498 e. The highest BCUT2D eigenvalue weighted by molar-refractivity contribution is 6.61. The van der Waals surface area contributed by atoms with E-state index in [0.717, 1.165) is 5.46 Å². The van der Waals surface area contributed by atoms with E-state index in [-0.39, 0.29) is 17.2 Å². The molecule has 0 aromatic carbocycles. The molecule has 0 spiro atoms. The zero-order valence-corrected chi connectivity index (χ0v) is 11.6. The average molecular weight is 249 g/mol. The zero-order chi connectivity index (χ0) is 13.6. The number of hydrogen-bond donors (Lipinski definition) is 1. The van der Waals surface area contributed by atoms with E-state index in [1.54, 1.807) is 12.4 Å². The highest BCUT2D eigenvalue weighted by Gasteiger charge is 2.51. The SMILES string of the molecule is CC(N)c1ncc(B2OC(C)(C)C(C)(C)O2)cn1. The summed E-state index contributed by atoms with van der Waals surface area (Å²) in [6.07, 6.45) is 3.43. The fourth-order valence-electron chi connectivity index (χ4n) is 1.68. The number of nitrogens with two attached hydrogens (primary N) is 1. The minimum absolute atomic E-state index is 0.169. The van der Waals surface area contributed by atoms with E-state index >= 15 is 0 Å². The molecule has 1 saturated heterocycles. The molecule has 0 amide bonds. The molecule has 2 N–H and O–H groups in total. The predicted octanol–water partition coefficient (Wildman–Crippen LogP) is 0.795. The monoisotopic (exact) mass is 249 g/mol. The van der Waals surface area contributed by atoms with Crippen LogP contribution in [0.1, 0.15) is 46.5 Å². The van der Waals surface area contributed by atoms with Crippen molar-refractivity contribution in [3.8, 4) is 0 Å². The molecular formula is C12H20BN3O2. The van der Waals surface area contributed by atoms with Gasteiger partial charge in [0.1, 0.15) is 5.82 Å². The van der Waals surface area contributed by atoms with Crippen molar-refractivity contribution in [2.24, 2.45) is 5.73 Å². The van der Waals surface area contributed by atoms with Crippen LogP contribution < -0.4 is 11.2 Å². The molecule has 1 aliphatic heterocycles. The van der Waals surface area contributed by atoms with Crippen LogP contribution in [0.25, 0.3) is 0 Å². The summed E-state index contributed by atoms with van der Waals surface area (Å²) in [4.78, 5) is 8.44. The van der Waals surface area contributed by atoms with Crippen LogP contribution in [-0.2, 0) is 9.31 Å². The summed E-state index contributed by atoms with van der Waals surface area (Å²) in [6.45, 7) is 9.92. The van der Waals surface area contributed by atoms with Crippen LogP contribution in [0.4, 0.5) is 0 Å². The Balaban J connectivity index is 2.19. The van der Waals surface area contributed by atoms with Crippen molar-refractivity contribution >= 4 is 12.6 Å². The summed E-state index contributed by atoms with van der Waals surface area (Å²) >= 11 is 0. The van der Waals surface area contributed by atoms with E-state index in [4.69, 9.17) is 15.0 Å². The first-order valence-electron chi connectivity index (χ1n) is 6.16. The molecule has 1 aromatic heterocycles. The number of hydrogen-bond acceptors (Lipinski definition) is 5. The van der Waals surface area contributed by atoms with Crippen molar-refractivity contribution in [1.29, 1.82) is 0 Å². The molecule has 98 valence electrons. The Morgan fingerprint density at radius 3 is 1.94 bits per heavy atom. The number of nitrogens with zero attached hydrogens (tertiary/aromatic N) is 2. The maximum Gasteiger partial charge on any atom is 0.498 e. The molecule has 0 saturated carbocycles. The van der Waals surface area contributed by atoms with Crippen LogP contribution in [0.3, 0.4) is 0 Å². The van der Waals surface area contributed by atoms with E-state index in [9.17, 15) is 0 Å². The van der Waals surface area contributed by atoms with Crippen LogP contribution in [0, 0.1) is 0 Å². The maximum atomic E-state index is 5.92. The van der Waals surface area contributed by atoms with E-state index in [1.165, 1.54) is 0 Å². The molecule has 6 heteroatoms. The quantitative estimate of drug-likeness (QED) is 0.785. The summed E-state index contributed by atoms with van der Waals surface area (Å²) in [5.41, 5.74) is 5.83. The molecule has 1 unspecified atom stereocenters. The van der Waals surface area contributed by atoms with Crippen LogP contribution in [0.5, 0.6) is 0 Å². The van der Waals surface area contributed by atoms with Gasteiger partial charge in [0.25, 0.3) is 0 Å². The number of aromatic nitrogens is 2. The lowest BCUT2D eigenvalue weighted by Crippen LogP contribution is -2.41. The topological polar surface area (TPSA) is 70.3 Å². The zero-order valence-electron chi connectivity index (χ0n) is 11.6. The lowest BCUT2D eigenvalue weighted by molar-refractivity contribution is 0.00578. The molecule has 0 bridgehead atoms. The first-order chi connectivity index (χ1) is 8.23. The Labute approximate surface area is 108 Å². The summed E-state index contributed by atoms with van der Waals surface area (Å²) in [6, 6.07) is -0.169. The van der Waals surface area contributed by atoms with Crippen molar-refractivity contribution < 1.29 is 9.31 Å². The first-order valence-corrected chi connectivity index (χ1v) is 6.16. The van der Waals surface area contributed by atoms with Crippen LogP contribution >= 0.6 is 0 Å². The van der Waals surface area contributed by atoms with Crippen LogP contribution in [0.15, 0.2) is 12.4 Å². The third-order valence-electron chi connectivity index (χ3n) is 3.62. The van der Waals surface area contributed by atoms with Crippen LogP contribution in [0.2, 0.25) is 0 Å². The average Bonchev–Trinajstić information content (AvgIpc) is 2.48. The highest BCUT2D eigenvalue weighted by atomic mass is 16.7. The lowest BCUT2D eigenvalue weighted by atomic mass is 9.81. The fraction of sp³-hybridized carbons (Fsp3) is 0.667. The number of rotatable bonds is 2. The van der Waals surface area contributed by atoms with Gasteiger partial charge in [0, 0.05) is 17.9 Å². The third-order valence-corrected chi connectivity index (χ3v) is 3.62. The molecule has 0 radical (unpaired) electrons. The summed E-state index contributed by atoms with van der Waals surface area (Å²) < 4.78 is 11.8. The van der Waals surface area contributed by atoms with Gasteiger partial charge < -0.3 is 15.0 Å². The molecule has 5 nitrogen and oxygen atoms in total. The van der Waals surface area contributed by atoms with Gasteiger partial charge in [0.15, 0.2) is 0 Å². The second-order valence-electron chi connectivity index (χ2n) is 5.75. The van der Waals surface area contributed by atoms with E-state index in [2.05, 4.69) is 9.97 Å². The van der Waals surface area contributed by atoms with Crippen molar-refractivity contribution in [3.05, 3.63) is 18.2 Å². The maximum absolute atomic E-state index is 5.92. The Morgan fingerprint density at radius 1 is 1.11 bits per heavy atom.